The molecule has 0 bridgehead atoms. The molecule has 0 aliphatic carbocycles. The molecule has 0 fully saturated rings. The van der Waals surface area contributed by atoms with Gasteiger partial charge in [0, 0.05) is 37.6 Å². The van der Waals surface area contributed by atoms with Crippen LogP contribution in [0.25, 0.3) is 27.1 Å². The monoisotopic (exact) mass is 1160 g/mol. The van der Waals surface area contributed by atoms with Gasteiger partial charge in [0.25, 0.3) is 0 Å². The van der Waals surface area contributed by atoms with E-state index in [2.05, 4.69) is 36.9 Å². The van der Waals surface area contributed by atoms with Gasteiger partial charge in [-0.15, -0.1) is 0 Å². The molecule has 1 atom stereocenters. The van der Waals surface area contributed by atoms with E-state index in [-0.39, 0.29) is 61.4 Å². The van der Waals surface area contributed by atoms with E-state index in [1.807, 2.05) is 98.8 Å². The standard InChI is InChI=1S/C67H77N3O13S/c1-8-10-18-47(5)70(67-69-56-19-13-14-20-61(56)84-67)68-44-55-57(82-63(72)35-25-48-22-29-53(30-23-48)77-37-15-11-12-16-38-80-66(74)46(3)4)33-34-59(65(55)76-7)83-64(73)36-26-49-24-32-58(60(42-49)75-6)81-45-50-21-27-52-43-54(31-28-51(52)41-50)78-39-17-40-79-62(71)9-2/h9,13-14,19-24,26-34,36,41-43,46-47,68H,2,8,10-12,15-18,25,35,37-40,44-45H2,1,3-7H3/b36-26+. The van der Waals surface area contributed by atoms with Gasteiger partial charge in [0.15, 0.2) is 23.0 Å². The van der Waals surface area contributed by atoms with Gasteiger partial charge in [-0.25, -0.2) is 20.0 Å². The molecule has 444 valence electrons. The van der Waals surface area contributed by atoms with Crippen LogP contribution in [0.5, 0.6) is 40.2 Å². The van der Waals surface area contributed by atoms with E-state index < -0.39 is 17.9 Å². The lowest BCUT2D eigenvalue weighted by atomic mass is 10.1. The fraction of sp³-hybridized carbons (Fsp3) is 0.358. The molecular formula is C67H77N3O13S. The van der Waals surface area contributed by atoms with Gasteiger partial charge in [-0.3, -0.25) is 14.6 Å². The molecule has 1 heterocycles. The highest BCUT2D eigenvalue weighted by Crippen LogP contribution is 2.39. The summed E-state index contributed by atoms with van der Waals surface area (Å²) in [6.07, 6.45) is 11.7. The van der Waals surface area contributed by atoms with Crippen LogP contribution in [0.3, 0.4) is 0 Å². The minimum absolute atomic E-state index is 0.0334. The Labute approximate surface area is 496 Å². The van der Waals surface area contributed by atoms with Crippen LogP contribution in [0, 0.1) is 5.92 Å². The van der Waals surface area contributed by atoms with Crippen molar-refractivity contribution in [1.82, 2.24) is 10.4 Å². The lowest BCUT2D eigenvalue weighted by molar-refractivity contribution is -0.147. The van der Waals surface area contributed by atoms with E-state index in [4.69, 9.17) is 47.6 Å². The third-order valence-electron chi connectivity index (χ3n) is 13.6. The first-order valence-electron chi connectivity index (χ1n) is 28.7. The molecule has 0 spiro atoms. The number of esters is 4. The normalized spacial score (nSPS) is 11.6. The Morgan fingerprint density at radius 3 is 2.13 bits per heavy atom. The lowest BCUT2D eigenvalue weighted by Crippen LogP contribution is -2.44. The molecule has 0 aliphatic rings. The maximum Gasteiger partial charge on any atom is 0.336 e. The molecule has 0 amide bonds. The number of carbonyl (C=O) groups excluding carboxylic acids is 4. The molecule has 6 aromatic carbocycles. The first kappa shape index (κ1) is 63.2. The quantitative estimate of drug-likeness (QED) is 0.0130. The molecule has 7 aromatic rings. The second-order valence-corrected chi connectivity index (χ2v) is 21.3. The summed E-state index contributed by atoms with van der Waals surface area (Å²) in [5, 5.41) is 4.85. The van der Waals surface area contributed by atoms with Crippen molar-refractivity contribution < 1.29 is 61.8 Å². The SMILES string of the molecule is C=CC(=O)OCCCOc1ccc2cc(COc3ccc(/C=C/C(=O)Oc4ccc(OC(=O)CCc5ccc(OCCCCCCOC(=O)C(C)C)cc5)c(CNN(c5nc6ccccc6s5)C(C)CCCC)c4OC)cc3OC)ccc2c1. The number of benzene rings is 6. The molecule has 16 nitrogen and oxygen atoms in total. The Morgan fingerprint density at radius 2 is 1.37 bits per heavy atom. The smallest absolute Gasteiger partial charge is 0.336 e. The average Bonchev–Trinajstić information content (AvgIpc) is 3.99. The second kappa shape index (κ2) is 33.0. The van der Waals surface area contributed by atoms with Crippen LogP contribution in [0.4, 0.5) is 5.13 Å². The summed E-state index contributed by atoms with van der Waals surface area (Å²) in [5.74, 6) is 1.19. The number of para-hydroxylation sites is 1. The van der Waals surface area contributed by atoms with Crippen molar-refractivity contribution in [2.75, 3.05) is 45.7 Å². The summed E-state index contributed by atoms with van der Waals surface area (Å²) >= 11 is 1.58. The molecular weight excluding hydrogens is 1090 g/mol. The predicted octanol–water partition coefficient (Wildman–Crippen LogP) is 13.9. The van der Waals surface area contributed by atoms with E-state index in [1.165, 1.54) is 13.2 Å². The molecule has 1 N–H and O–H groups in total. The number of hydrazine groups is 1. The summed E-state index contributed by atoms with van der Waals surface area (Å²) in [5.41, 5.74) is 7.49. The van der Waals surface area contributed by atoms with Gasteiger partial charge in [0.1, 0.15) is 23.9 Å². The number of ether oxygens (including phenoxy) is 9. The number of aryl methyl sites for hydroxylation is 1. The summed E-state index contributed by atoms with van der Waals surface area (Å²) in [7, 11) is 3.03. The van der Waals surface area contributed by atoms with Crippen molar-refractivity contribution in [2.45, 2.75) is 111 Å². The van der Waals surface area contributed by atoms with Crippen LogP contribution in [-0.4, -0.2) is 75.6 Å². The zero-order chi connectivity index (χ0) is 59.6. The Balaban J connectivity index is 0.991. The number of aromatic nitrogens is 1. The Morgan fingerprint density at radius 1 is 0.667 bits per heavy atom. The number of methoxy groups -OCH3 is 2. The number of nitrogens with zero attached hydrogens (tertiary/aromatic N) is 2. The van der Waals surface area contributed by atoms with Crippen molar-refractivity contribution in [3.63, 3.8) is 0 Å². The van der Waals surface area contributed by atoms with Crippen LogP contribution in [0.2, 0.25) is 0 Å². The van der Waals surface area contributed by atoms with Crippen LogP contribution >= 0.6 is 11.3 Å². The number of rotatable bonds is 35. The molecule has 17 heteroatoms. The highest BCUT2D eigenvalue weighted by atomic mass is 32.1. The number of nitrogens with one attached hydrogen (secondary N) is 1. The lowest BCUT2D eigenvalue weighted by Gasteiger charge is -2.30. The van der Waals surface area contributed by atoms with E-state index >= 15 is 0 Å². The minimum atomic E-state index is -0.670. The maximum absolute atomic E-state index is 13.7. The Bertz CT molecular complexity index is 3290. The molecule has 0 saturated heterocycles. The number of hydrogen-bond donors (Lipinski definition) is 1. The van der Waals surface area contributed by atoms with Crippen molar-refractivity contribution in [3.8, 4) is 40.2 Å². The maximum atomic E-state index is 13.7. The van der Waals surface area contributed by atoms with Crippen LogP contribution < -0.4 is 43.6 Å². The zero-order valence-electron chi connectivity index (χ0n) is 49.0. The van der Waals surface area contributed by atoms with Crippen molar-refractivity contribution in [2.24, 2.45) is 5.92 Å². The molecule has 0 radical (unpaired) electrons. The number of anilines is 1. The van der Waals surface area contributed by atoms with E-state index in [0.717, 1.165) is 99.8 Å². The fourth-order valence-electron chi connectivity index (χ4n) is 8.89. The number of hydrogen-bond acceptors (Lipinski definition) is 17. The highest BCUT2D eigenvalue weighted by Gasteiger charge is 2.24. The summed E-state index contributed by atoms with van der Waals surface area (Å²) in [6.45, 7) is 13.4. The third-order valence-corrected chi connectivity index (χ3v) is 14.6. The fourth-order valence-corrected chi connectivity index (χ4v) is 9.94. The highest BCUT2D eigenvalue weighted by molar-refractivity contribution is 7.22. The van der Waals surface area contributed by atoms with Gasteiger partial charge in [-0.05, 0) is 146 Å². The Hall–Kier alpha value is -8.41. The molecule has 7 rings (SSSR count). The summed E-state index contributed by atoms with van der Waals surface area (Å²) in [4.78, 5) is 55.2. The molecule has 84 heavy (non-hydrogen) atoms. The van der Waals surface area contributed by atoms with Gasteiger partial charge < -0.3 is 42.6 Å². The van der Waals surface area contributed by atoms with Gasteiger partial charge in [-0.2, -0.15) is 0 Å². The number of unbranched alkanes of at least 4 members (excludes halogenated alkanes) is 4. The molecule has 0 aliphatic heterocycles. The van der Waals surface area contributed by atoms with Crippen molar-refractivity contribution in [1.29, 1.82) is 0 Å². The van der Waals surface area contributed by atoms with Gasteiger partial charge >= 0.3 is 23.9 Å². The summed E-state index contributed by atoms with van der Waals surface area (Å²) in [6, 6.07) is 36.2. The minimum Gasteiger partial charge on any atom is -0.494 e. The van der Waals surface area contributed by atoms with E-state index in [1.54, 1.807) is 48.8 Å². The van der Waals surface area contributed by atoms with Gasteiger partial charge in [-0.1, -0.05) is 100 Å². The third kappa shape index (κ3) is 19.3. The van der Waals surface area contributed by atoms with Crippen LogP contribution in [0.1, 0.15) is 108 Å². The van der Waals surface area contributed by atoms with E-state index in [9.17, 15) is 19.2 Å². The van der Waals surface area contributed by atoms with E-state index in [0.29, 0.717) is 55.3 Å². The van der Waals surface area contributed by atoms with Crippen LogP contribution in [0.15, 0.2) is 134 Å². The molecule has 1 unspecified atom stereocenters. The zero-order valence-corrected chi connectivity index (χ0v) is 49.8. The predicted molar refractivity (Wildman–Crippen MR) is 328 cm³/mol. The average molecular weight is 1160 g/mol. The topological polar surface area (TPSA) is 180 Å². The number of fused-ring (bicyclic) bond motifs is 2. The Kier molecular flexibility index (Phi) is 24.8. The van der Waals surface area contributed by atoms with Crippen molar-refractivity contribution in [3.05, 3.63) is 156 Å². The number of thiazole rings is 1. The first-order valence-corrected chi connectivity index (χ1v) is 29.5. The van der Waals surface area contributed by atoms with Gasteiger partial charge in [0.05, 0.1) is 62.3 Å². The largest absolute Gasteiger partial charge is 0.494 e. The van der Waals surface area contributed by atoms with Gasteiger partial charge in [0.2, 0.25) is 5.13 Å². The van der Waals surface area contributed by atoms with Crippen molar-refractivity contribution >= 4 is 67.4 Å². The number of carbonyl (C=O) groups is 4. The second-order valence-electron chi connectivity index (χ2n) is 20.3. The molecule has 0 saturated carbocycles. The first-order chi connectivity index (χ1) is 40.8. The van der Waals surface area contributed by atoms with Crippen LogP contribution in [-0.2, 0) is 48.2 Å². The summed E-state index contributed by atoms with van der Waals surface area (Å²) < 4.78 is 53.1. The molecule has 1 aromatic heterocycles.